The zero-order chi connectivity index (χ0) is 40.0. The molecule has 10 aromatic carbocycles. The smallest absolute Gasteiger partial charge is 0.260 e. The molecule has 0 N–H and O–H groups in total. The van der Waals surface area contributed by atoms with Crippen molar-refractivity contribution in [3.8, 4) is 45.3 Å². The predicted molar refractivity (Wildman–Crippen MR) is 252 cm³/mol. The lowest BCUT2D eigenvalue weighted by Gasteiger charge is -2.35. The van der Waals surface area contributed by atoms with Crippen LogP contribution in [-0.4, -0.2) is 6.71 Å². The fourth-order valence-corrected chi connectivity index (χ4v) is 9.58. The summed E-state index contributed by atoms with van der Waals surface area (Å²) in [7, 11) is 0. The number of anilines is 3. The van der Waals surface area contributed by atoms with E-state index in [2.05, 4.69) is 199 Å². The molecule has 0 aliphatic carbocycles. The van der Waals surface area contributed by atoms with Gasteiger partial charge in [0.1, 0.15) is 34.2 Å². The molecule has 284 valence electrons. The van der Waals surface area contributed by atoms with Gasteiger partial charge in [0.05, 0.1) is 5.69 Å². The number of fused-ring (bicyclic) bond motifs is 9. The van der Waals surface area contributed by atoms with Gasteiger partial charge >= 0.3 is 0 Å². The summed E-state index contributed by atoms with van der Waals surface area (Å²) >= 11 is 0. The maximum absolute atomic E-state index is 7.08. The van der Waals surface area contributed by atoms with Crippen LogP contribution in [0.4, 0.5) is 17.1 Å². The minimum absolute atomic E-state index is 0.0957. The molecule has 3 heterocycles. The van der Waals surface area contributed by atoms with Gasteiger partial charge in [-0.2, -0.15) is 0 Å². The van der Waals surface area contributed by atoms with Gasteiger partial charge in [0.25, 0.3) is 6.71 Å². The minimum atomic E-state index is -0.0957. The number of rotatable bonds is 5. The SMILES string of the molecule is c1ccc(N(c2cc3c4c(c2)Oc2cc(-c5ccc6ccccc6c5)ccc2B4c2ccc(-c4ccc5ccccc5c4)cc2O3)c2ccc3oc4ccccc4c3c2)cc1. The van der Waals surface area contributed by atoms with Crippen LogP contribution in [-0.2, 0) is 0 Å². The van der Waals surface area contributed by atoms with Crippen LogP contribution in [0.5, 0.6) is 23.0 Å². The van der Waals surface area contributed by atoms with Crippen LogP contribution in [0.2, 0.25) is 0 Å². The van der Waals surface area contributed by atoms with Gasteiger partial charge in [-0.25, -0.2) is 0 Å². The third kappa shape index (κ3) is 5.48. The Balaban J connectivity index is 1.00. The van der Waals surface area contributed by atoms with Crippen molar-refractivity contribution in [1.29, 1.82) is 0 Å². The molecule has 2 aliphatic rings. The monoisotopic (exact) mass is 779 g/mol. The molecule has 0 fully saturated rings. The summed E-state index contributed by atoms with van der Waals surface area (Å²) in [5, 5.41) is 7.01. The Hall–Kier alpha value is -8.02. The van der Waals surface area contributed by atoms with E-state index < -0.39 is 0 Å². The second-order valence-corrected chi connectivity index (χ2v) is 16.1. The summed E-state index contributed by atoms with van der Waals surface area (Å²) in [6.07, 6.45) is 0. The topological polar surface area (TPSA) is 34.8 Å². The van der Waals surface area contributed by atoms with Gasteiger partial charge in [-0.15, -0.1) is 0 Å². The van der Waals surface area contributed by atoms with E-state index in [1.165, 1.54) is 21.5 Å². The second-order valence-electron chi connectivity index (χ2n) is 16.1. The van der Waals surface area contributed by atoms with Crippen LogP contribution < -0.4 is 30.8 Å². The zero-order valence-electron chi connectivity index (χ0n) is 32.9. The fourth-order valence-electron chi connectivity index (χ4n) is 9.58. The van der Waals surface area contributed by atoms with Crippen LogP contribution in [0, 0.1) is 0 Å². The molecule has 2 aliphatic heterocycles. The molecule has 0 bridgehead atoms. The first kappa shape index (κ1) is 33.9. The van der Waals surface area contributed by atoms with Crippen molar-refractivity contribution in [3.05, 3.63) is 206 Å². The van der Waals surface area contributed by atoms with E-state index in [9.17, 15) is 0 Å². The largest absolute Gasteiger partial charge is 0.458 e. The van der Waals surface area contributed by atoms with Gasteiger partial charge < -0.3 is 18.8 Å². The molecule has 4 nitrogen and oxygen atoms in total. The minimum Gasteiger partial charge on any atom is -0.458 e. The molecule has 0 saturated heterocycles. The lowest BCUT2D eigenvalue weighted by molar-refractivity contribution is 0.465. The van der Waals surface area contributed by atoms with Crippen LogP contribution in [0.3, 0.4) is 0 Å². The Kier molecular flexibility index (Phi) is 7.37. The number of nitrogens with zero attached hydrogens (tertiary/aromatic N) is 1. The van der Waals surface area contributed by atoms with E-state index in [1.54, 1.807) is 0 Å². The van der Waals surface area contributed by atoms with Crippen LogP contribution in [0.1, 0.15) is 0 Å². The van der Waals surface area contributed by atoms with Gasteiger partial charge in [0.2, 0.25) is 0 Å². The third-order valence-electron chi connectivity index (χ3n) is 12.5. The summed E-state index contributed by atoms with van der Waals surface area (Å²) < 4.78 is 20.4. The van der Waals surface area contributed by atoms with Crippen molar-refractivity contribution in [1.82, 2.24) is 0 Å². The average Bonchev–Trinajstić information content (AvgIpc) is 3.69. The molecule has 0 atom stereocenters. The van der Waals surface area contributed by atoms with E-state index >= 15 is 0 Å². The van der Waals surface area contributed by atoms with E-state index in [4.69, 9.17) is 13.9 Å². The molecule has 61 heavy (non-hydrogen) atoms. The van der Waals surface area contributed by atoms with E-state index in [0.717, 1.165) is 101 Å². The third-order valence-corrected chi connectivity index (χ3v) is 12.5. The van der Waals surface area contributed by atoms with Crippen LogP contribution >= 0.6 is 0 Å². The number of benzene rings is 10. The summed E-state index contributed by atoms with van der Waals surface area (Å²) in [6, 6.07) is 73.2. The molecule has 0 saturated carbocycles. The predicted octanol–water partition coefficient (Wildman–Crippen LogP) is 13.4. The van der Waals surface area contributed by atoms with E-state index in [1.807, 2.05) is 12.1 Å². The normalized spacial score (nSPS) is 12.5. The Morgan fingerprint density at radius 1 is 0.328 bits per heavy atom. The molecular formula is C56H34BNO3. The highest BCUT2D eigenvalue weighted by molar-refractivity contribution is 6.98. The fraction of sp³-hybridized carbons (Fsp3) is 0. The van der Waals surface area contributed by atoms with Crippen molar-refractivity contribution >= 4 is 83.6 Å². The maximum atomic E-state index is 7.08. The Labute approximate surface area is 352 Å². The van der Waals surface area contributed by atoms with Crippen molar-refractivity contribution in [3.63, 3.8) is 0 Å². The Bertz CT molecular complexity index is 3420. The summed E-state index contributed by atoms with van der Waals surface area (Å²) in [5.74, 6) is 3.24. The van der Waals surface area contributed by atoms with Gasteiger partial charge in [-0.3, -0.25) is 0 Å². The quantitative estimate of drug-likeness (QED) is 0.163. The van der Waals surface area contributed by atoms with Crippen molar-refractivity contribution in [2.24, 2.45) is 0 Å². The van der Waals surface area contributed by atoms with Crippen LogP contribution in [0.15, 0.2) is 211 Å². The summed E-state index contributed by atoms with van der Waals surface area (Å²) in [5.41, 5.74) is 12.4. The maximum Gasteiger partial charge on any atom is 0.260 e. The molecular weight excluding hydrogens is 745 g/mol. The molecule has 0 amide bonds. The second kappa shape index (κ2) is 13.3. The Morgan fingerprint density at radius 2 is 0.852 bits per heavy atom. The van der Waals surface area contributed by atoms with E-state index in [0.29, 0.717) is 0 Å². The van der Waals surface area contributed by atoms with Crippen molar-refractivity contribution < 1.29 is 13.9 Å². The highest BCUT2D eigenvalue weighted by Crippen LogP contribution is 2.45. The van der Waals surface area contributed by atoms with Crippen LogP contribution in [0.25, 0.3) is 65.7 Å². The molecule has 13 rings (SSSR count). The Morgan fingerprint density at radius 3 is 1.49 bits per heavy atom. The highest BCUT2D eigenvalue weighted by Gasteiger charge is 2.41. The first-order valence-electron chi connectivity index (χ1n) is 20.7. The van der Waals surface area contributed by atoms with Crippen molar-refractivity contribution in [2.75, 3.05) is 4.90 Å². The molecule has 0 spiro atoms. The highest BCUT2D eigenvalue weighted by atomic mass is 16.5. The molecule has 11 aromatic rings. The first-order valence-corrected chi connectivity index (χ1v) is 20.7. The number of furan rings is 1. The first-order chi connectivity index (χ1) is 30.2. The lowest BCUT2D eigenvalue weighted by Crippen LogP contribution is -2.57. The molecule has 1 aromatic heterocycles. The average molecular weight is 780 g/mol. The number of hydrogen-bond donors (Lipinski definition) is 0. The number of para-hydroxylation sites is 2. The van der Waals surface area contributed by atoms with E-state index in [-0.39, 0.29) is 6.71 Å². The van der Waals surface area contributed by atoms with Gasteiger partial charge in [0, 0.05) is 39.7 Å². The number of hydrogen-bond acceptors (Lipinski definition) is 4. The van der Waals surface area contributed by atoms with Gasteiger partial charge in [-0.05, 0) is 115 Å². The van der Waals surface area contributed by atoms with Gasteiger partial charge in [-0.1, -0.05) is 133 Å². The summed E-state index contributed by atoms with van der Waals surface area (Å²) in [4.78, 5) is 2.28. The molecule has 0 radical (unpaired) electrons. The molecule has 5 heteroatoms. The standard InChI is InChI=1S/C56H34BNO3/c1-2-14-43(15-3-1)58(44-24-27-51-47(32-44)46-16-8-9-17-50(46)59-51)45-33-54-56-55(34-45)61-53-31-42(40-21-19-36-11-5-7-13-38(36)29-40)23-26-49(53)57(56)48-25-22-41(30-52(48)60-54)39-20-18-35-10-4-6-12-37(35)28-39/h1-34H. The zero-order valence-corrected chi connectivity index (χ0v) is 32.9. The number of ether oxygens (including phenoxy) is 2. The lowest BCUT2D eigenvalue weighted by atomic mass is 9.34. The van der Waals surface area contributed by atoms with Gasteiger partial charge in [0.15, 0.2) is 0 Å². The summed E-state index contributed by atoms with van der Waals surface area (Å²) in [6.45, 7) is -0.0957. The van der Waals surface area contributed by atoms with Crippen molar-refractivity contribution in [2.45, 2.75) is 0 Å². The molecule has 0 unspecified atom stereocenters.